The van der Waals surface area contributed by atoms with Crippen molar-refractivity contribution in [1.29, 1.82) is 0 Å². The molecule has 0 fully saturated rings. The van der Waals surface area contributed by atoms with Crippen molar-refractivity contribution < 1.29 is 4.74 Å². The van der Waals surface area contributed by atoms with Gasteiger partial charge in [0, 0.05) is 14.5 Å². The number of ether oxygens (including phenoxy) is 1. The molecule has 11 heteroatoms. The molecule has 4 rings (SSSR count). The average Bonchev–Trinajstić information content (AvgIpc) is 3.34. The van der Waals surface area contributed by atoms with E-state index in [0.29, 0.717) is 21.7 Å². The molecule has 2 aromatic heterocycles. The predicted octanol–water partition coefficient (Wildman–Crippen LogP) is 6.66. The van der Waals surface area contributed by atoms with Gasteiger partial charge in [-0.05, 0) is 68.0 Å². The molecule has 0 spiro atoms. The van der Waals surface area contributed by atoms with Crippen LogP contribution in [-0.4, -0.2) is 24.7 Å². The van der Waals surface area contributed by atoms with Gasteiger partial charge >= 0.3 is 0 Å². The Morgan fingerprint density at radius 2 is 1.88 bits per heavy atom. The van der Waals surface area contributed by atoms with Crippen LogP contribution in [0.2, 0.25) is 10.0 Å². The largest absolute Gasteiger partial charge is 0.471 e. The molecule has 0 saturated heterocycles. The van der Waals surface area contributed by atoms with Gasteiger partial charge in [-0.25, -0.2) is 4.68 Å². The zero-order chi connectivity index (χ0) is 24.2. The number of rotatable bonds is 7. The monoisotopic (exact) mass is 578 g/mol. The Labute approximate surface area is 221 Å². The van der Waals surface area contributed by atoms with Gasteiger partial charge in [-0.15, -0.1) is 0 Å². The molecule has 0 aliphatic heterocycles. The Morgan fingerprint density at radius 1 is 1.12 bits per heavy atom. The number of aromatic nitrogens is 4. The van der Waals surface area contributed by atoms with E-state index in [0.717, 1.165) is 38.5 Å². The summed E-state index contributed by atoms with van der Waals surface area (Å²) in [5.74, 6) is 0.758. The molecule has 0 bridgehead atoms. The second-order valence-corrected chi connectivity index (χ2v) is 9.68. The van der Waals surface area contributed by atoms with Crippen LogP contribution >= 0.6 is 51.3 Å². The molecule has 0 aliphatic carbocycles. The van der Waals surface area contributed by atoms with Gasteiger partial charge in [0.05, 0.1) is 41.7 Å². The minimum atomic E-state index is 0.280. The van der Waals surface area contributed by atoms with Crippen molar-refractivity contribution in [3.8, 4) is 5.75 Å². The lowest BCUT2D eigenvalue weighted by molar-refractivity contribution is 0.221. The third kappa shape index (κ3) is 6.09. The van der Waals surface area contributed by atoms with Gasteiger partial charge in [-0.1, -0.05) is 45.2 Å². The molecule has 0 saturated carbocycles. The summed E-state index contributed by atoms with van der Waals surface area (Å²) in [6.45, 7) is 4.71. The Kier molecular flexibility index (Phi) is 7.77. The van der Waals surface area contributed by atoms with Crippen LogP contribution in [-0.2, 0) is 13.3 Å². The fraction of sp³-hybridized carbons (Fsp3) is 0.174. The summed E-state index contributed by atoms with van der Waals surface area (Å²) in [7, 11) is 0. The highest BCUT2D eigenvalue weighted by Crippen LogP contribution is 2.25. The van der Waals surface area contributed by atoms with Crippen molar-refractivity contribution in [2.45, 2.75) is 27.1 Å². The molecule has 0 unspecified atom stereocenters. The first-order chi connectivity index (χ1) is 16.3. The second kappa shape index (κ2) is 10.8. The normalized spacial score (nSPS) is 10.9. The lowest BCUT2D eigenvalue weighted by atomic mass is 10.2. The molecule has 34 heavy (non-hydrogen) atoms. The molecular weight excluding hydrogens is 559 g/mol. The van der Waals surface area contributed by atoms with Gasteiger partial charge in [0.1, 0.15) is 5.75 Å². The predicted molar refractivity (Wildman–Crippen MR) is 144 cm³/mol. The van der Waals surface area contributed by atoms with Crippen molar-refractivity contribution in [3.05, 3.63) is 86.3 Å². The van der Waals surface area contributed by atoms with Crippen LogP contribution in [0.4, 0.5) is 11.4 Å². The lowest BCUT2D eigenvalue weighted by Crippen LogP contribution is -2.19. The van der Waals surface area contributed by atoms with E-state index in [1.807, 2.05) is 61.1 Å². The van der Waals surface area contributed by atoms with Crippen LogP contribution in [0.25, 0.3) is 0 Å². The summed E-state index contributed by atoms with van der Waals surface area (Å²) in [4.78, 5) is 0. The van der Waals surface area contributed by atoms with Crippen molar-refractivity contribution in [2.24, 2.45) is 0 Å². The third-order valence-electron chi connectivity index (χ3n) is 5.02. The highest BCUT2D eigenvalue weighted by molar-refractivity contribution is 9.10. The summed E-state index contributed by atoms with van der Waals surface area (Å²) in [5.41, 5.74) is 4.28. The quantitative estimate of drug-likeness (QED) is 0.239. The Morgan fingerprint density at radius 3 is 2.62 bits per heavy atom. The van der Waals surface area contributed by atoms with Crippen molar-refractivity contribution >= 4 is 67.8 Å². The second-order valence-electron chi connectivity index (χ2n) is 7.51. The molecule has 7 nitrogen and oxygen atoms in total. The number of aryl methyl sites for hydroxylation is 1. The van der Waals surface area contributed by atoms with E-state index in [1.165, 1.54) is 0 Å². The van der Waals surface area contributed by atoms with Gasteiger partial charge < -0.3 is 15.4 Å². The molecule has 176 valence electrons. The maximum absolute atomic E-state index is 6.33. The summed E-state index contributed by atoms with van der Waals surface area (Å²) < 4.78 is 10.3. The van der Waals surface area contributed by atoms with Gasteiger partial charge in [0.25, 0.3) is 0 Å². The number of thiocarbonyl (C=S) groups is 1. The topological polar surface area (TPSA) is 68.9 Å². The van der Waals surface area contributed by atoms with Crippen LogP contribution < -0.4 is 15.4 Å². The molecule has 2 N–H and O–H groups in total. The number of anilines is 2. The maximum Gasteiger partial charge on any atom is 0.180 e. The van der Waals surface area contributed by atoms with Crippen LogP contribution in [0.5, 0.6) is 5.75 Å². The van der Waals surface area contributed by atoms with E-state index in [2.05, 4.69) is 36.8 Å². The standard InChI is InChI=1S/C23H21BrCl2N6OS/c1-14-22(15(2)32(30-14)11-16-3-6-18(25)9-21(16)26)29-23(34)28-19-10-27-31(12-19)13-33-20-7-4-17(24)5-8-20/h3-10,12H,11,13H2,1-2H3,(H2,28,29,34). The molecule has 0 aliphatic rings. The number of hydrogen-bond acceptors (Lipinski definition) is 4. The first-order valence-corrected chi connectivity index (χ1v) is 12.2. The SMILES string of the molecule is Cc1nn(Cc2ccc(Cl)cc2Cl)c(C)c1NC(=S)Nc1cnn(COc2ccc(Br)cc2)c1. The van der Waals surface area contributed by atoms with Crippen molar-refractivity contribution in [1.82, 2.24) is 19.6 Å². The van der Waals surface area contributed by atoms with E-state index >= 15 is 0 Å². The highest BCUT2D eigenvalue weighted by Gasteiger charge is 2.14. The number of hydrogen-bond donors (Lipinski definition) is 2. The molecule has 2 aromatic carbocycles. The Bertz CT molecular complexity index is 1320. The Balaban J connectivity index is 1.36. The number of nitrogens with one attached hydrogen (secondary N) is 2. The van der Waals surface area contributed by atoms with Gasteiger partial charge in [-0.2, -0.15) is 10.2 Å². The molecule has 0 amide bonds. The fourth-order valence-electron chi connectivity index (χ4n) is 3.29. The van der Waals surface area contributed by atoms with Crippen LogP contribution in [0.1, 0.15) is 17.0 Å². The molecule has 2 heterocycles. The third-order valence-corrected chi connectivity index (χ3v) is 6.34. The van der Waals surface area contributed by atoms with Gasteiger partial charge in [0.2, 0.25) is 0 Å². The first-order valence-electron chi connectivity index (χ1n) is 10.3. The smallest absolute Gasteiger partial charge is 0.180 e. The zero-order valence-electron chi connectivity index (χ0n) is 18.3. The molecule has 4 aromatic rings. The van der Waals surface area contributed by atoms with Crippen LogP contribution in [0, 0.1) is 13.8 Å². The van der Waals surface area contributed by atoms with E-state index in [4.69, 9.17) is 40.2 Å². The summed E-state index contributed by atoms with van der Waals surface area (Å²) in [6, 6.07) is 13.1. The fourth-order valence-corrected chi connectivity index (χ4v) is 4.24. The molecule has 0 radical (unpaired) electrons. The zero-order valence-corrected chi connectivity index (χ0v) is 22.3. The average molecular weight is 580 g/mol. The lowest BCUT2D eigenvalue weighted by Gasteiger charge is -2.11. The van der Waals surface area contributed by atoms with E-state index < -0.39 is 0 Å². The summed E-state index contributed by atoms with van der Waals surface area (Å²) >= 11 is 21.2. The van der Waals surface area contributed by atoms with Crippen LogP contribution in [0.15, 0.2) is 59.3 Å². The Hall–Kier alpha value is -2.59. The van der Waals surface area contributed by atoms with E-state index in [1.54, 1.807) is 16.9 Å². The number of nitrogens with zero attached hydrogens (tertiary/aromatic N) is 4. The van der Waals surface area contributed by atoms with E-state index in [9.17, 15) is 0 Å². The van der Waals surface area contributed by atoms with Crippen molar-refractivity contribution in [2.75, 3.05) is 10.6 Å². The maximum atomic E-state index is 6.33. The minimum Gasteiger partial charge on any atom is -0.471 e. The molecular formula is C23H21BrCl2N6OS. The first kappa shape index (κ1) is 24.5. The number of halogens is 3. The van der Waals surface area contributed by atoms with Gasteiger partial charge in [-0.3, -0.25) is 4.68 Å². The van der Waals surface area contributed by atoms with Crippen LogP contribution in [0.3, 0.4) is 0 Å². The van der Waals surface area contributed by atoms with E-state index in [-0.39, 0.29) is 6.73 Å². The number of benzene rings is 2. The van der Waals surface area contributed by atoms with Gasteiger partial charge in [0.15, 0.2) is 11.8 Å². The van der Waals surface area contributed by atoms with Crippen molar-refractivity contribution in [3.63, 3.8) is 0 Å². The summed E-state index contributed by atoms with van der Waals surface area (Å²) in [5, 5.41) is 17.0. The minimum absolute atomic E-state index is 0.280. The molecule has 0 atom stereocenters. The highest BCUT2D eigenvalue weighted by atomic mass is 79.9. The summed E-state index contributed by atoms with van der Waals surface area (Å²) in [6.07, 6.45) is 3.50.